The standard InChI is InChI=1S/C23H22N2O7/c1-2-11-31-23(30)25-20(26)12-19(21(27)28)24-22(29)32-13-18-16-9-5-3-7-14(16)15-8-4-6-10-17(15)18/h2-10,18-19H,1,11-13H2,(H,24,29)(H,27,28)(H,25,26,30)/t19-/m0/s1. The number of carboxylic acids is 1. The van der Waals surface area contributed by atoms with E-state index in [4.69, 9.17) is 4.74 Å². The number of hydrogen-bond donors (Lipinski definition) is 3. The van der Waals surface area contributed by atoms with Crippen LogP contribution in [0.3, 0.4) is 0 Å². The Labute approximate surface area is 184 Å². The van der Waals surface area contributed by atoms with Gasteiger partial charge in [-0.2, -0.15) is 0 Å². The molecule has 0 bridgehead atoms. The average molecular weight is 438 g/mol. The van der Waals surface area contributed by atoms with Crippen LogP contribution in [0.2, 0.25) is 0 Å². The molecule has 0 aliphatic heterocycles. The number of rotatable bonds is 8. The molecule has 0 unspecified atom stereocenters. The Hall–Kier alpha value is -4.14. The van der Waals surface area contributed by atoms with Gasteiger partial charge in [0.25, 0.3) is 0 Å². The third kappa shape index (κ3) is 5.31. The summed E-state index contributed by atoms with van der Waals surface area (Å²) in [6, 6.07) is 14.0. The zero-order valence-electron chi connectivity index (χ0n) is 17.1. The summed E-state index contributed by atoms with van der Waals surface area (Å²) < 4.78 is 9.88. The topological polar surface area (TPSA) is 131 Å². The minimum atomic E-state index is -1.59. The second-order valence-electron chi connectivity index (χ2n) is 7.00. The SMILES string of the molecule is C=CCOC(=O)NC(=O)C[C@H](NC(=O)OCC1c2ccccc2-c2ccccc21)C(=O)O. The zero-order valence-corrected chi connectivity index (χ0v) is 17.1. The van der Waals surface area contributed by atoms with Gasteiger partial charge in [0.1, 0.15) is 19.3 Å². The number of fused-ring (bicyclic) bond motifs is 3. The van der Waals surface area contributed by atoms with Crippen LogP contribution in [0.25, 0.3) is 11.1 Å². The Morgan fingerprint density at radius 3 is 2.12 bits per heavy atom. The maximum atomic E-state index is 12.3. The number of carbonyl (C=O) groups excluding carboxylic acids is 3. The number of ether oxygens (including phenoxy) is 2. The van der Waals surface area contributed by atoms with Crippen LogP contribution in [0.4, 0.5) is 9.59 Å². The van der Waals surface area contributed by atoms with Crippen molar-refractivity contribution in [2.75, 3.05) is 13.2 Å². The van der Waals surface area contributed by atoms with Crippen LogP contribution in [-0.2, 0) is 19.1 Å². The summed E-state index contributed by atoms with van der Waals surface area (Å²) in [6.07, 6.45) is -1.40. The lowest BCUT2D eigenvalue weighted by Gasteiger charge is -2.17. The zero-order chi connectivity index (χ0) is 23.1. The van der Waals surface area contributed by atoms with E-state index in [0.29, 0.717) is 0 Å². The van der Waals surface area contributed by atoms with Gasteiger partial charge in [-0.25, -0.2) is 14.4 Å². The third-order valence-corrected chi connectivity index (χ3v) is 4.90. The van der Waals surface area contributed by atoms with Crippen LogP contribution < -0.4 is 10.6 Å². The van der Waals surface area contributed by atoms with Gasteiger partial charge in [0, 0.05) is 5.92 Å². The maximum Gasteiger partial charge on any atom is 0.414 e. The van der Waals surface area contributed by atoms with Gasteiger partial charge in [0.15, 0.2) is 0 Å². The minimum absolute atomic E-state index is 0.00766. The number of hydrogen-bond acceptors (Lipinski definition) is 6. The maximum absolute atomic E-state index is 12.3. The van der Waals surface area contributed by atoms with E-state index in [9.17, 15) is 24.3 Å². The Morgan fingerprint density at radius 1 is 0.969 bits per heavy atom. The first-order chi connectivity index (χ1) is 15.4. The van der Waals surface area contributed by atoms with Gasteiger partial charge in [0.05, 0.1) is 6.42 Å². The second-order valence-corrected chi connectivity index (χ2v) is 7.00. The van der Waals surface area contributed by atoms with Gasteiger partial charge < -0.3 is 19.9 Å². The summed E-state index contributed by atoms with van der Waals surface area (Å²) in [4.78, 5) is 46.9. The Balaban J connectivity index is 1.58. The lowest BCUT2D eigenvalue weighted by molar-refractivity contribution is -0.141. The van der Waals surface area contributed by atoms with Crippen LogP contribution >= 0.6 is 0 Å². The van der Waals surface area contributed by atoms with Crippen LogP contribution in [0.1, 0.15) is 23.5 Å². The van der Waals surface area contributed by atoms with E-state index in [1.165, 1.54) is 6.08 Å². The number of imide groups is 1. The van der Waals surface area contributed by atoms with Crippen LogP contribution in [0, 0.1) is 0 Å². The summed E-state index contributed by atoms with van der Waals surface area (Å²) in [7, 11) is 0. The van der Waals surface area contributed by atoms with Crippen LogP contribution in [-0.4, -0.2) is 48.4 Å². The summed E-state index contributed by atoms with van der Waals surface area (Å²) in [5, 5.41) is 13.3. The fourth-order valence-corrected chi connectivity index (χ4v) is 3.50. The molecule has 9 nitrogen and oxygen atoms in total. The monoisotopic (exact) mass is 438 g/mol. The predicted octanol–water partition coefficient (Wildman–Crippen LogP) is 2.81. The molecule has 1 aliphatic carbocycles. The highest BCUT2D eigenvalue weighted by Gasteiger charge is 2.30. The van der Waals surface area contributed by atoms with Gasteiger partial charge in [-0.3, -0.25) is 10.1 Å². The van der Waals surface area contributed by atoms with Crippen molar-refractivity contribution in [1.29, 1.82) is 0 Å². The average Bonchev–Trinajstić information content (AvgIpc) is 3.09. The van der Waals surface area contributed by atoms with Gasteiger partial charge in [0.2, 0.25) is 5.91 Å². The van der Waals surface area contributed by atoms with Gasteiger partial charge in [-0.1, -0.05) is 61.2 Å². The molecule has 0 saturated carbocycles. The van der Waals surface area contributed by atoms with Gasteiger partial charge >= 0.3 is 18.2 Å². The third-order valence-electron chi connectivity index (χ3n) is 4.90. The Kier molecular flexibility index (Phi) is 7.22. The van der Waals surface area contributed by atoms with E-state index in [1.807, 2.05) is 53.8 Å². The van der Waals surface area contributed by atoms with Crippen molar-refractivity contribution in [3.05, 3.63) is 72.3 Å². The second kappa shape index (κ2) is 10.3. The van der Waals surface area contributed by atoms with E-state index in [1.54, 1.807) is 0 Å². The molecule has 2 aromatic carbocycles. The molecule has 1 atom stereocenters. The summed E-state index contributed by atoms with van der Waals surface area (Å²) in [5.41, 5.74) is 4.13. The number of aliphatic carboxylic acids is 1. The summed E-state index contributed by atoms with van der Waals surface area (Å²) in [5.74, 6) is -2.57. The minimum Gasteiger partial charge on any atom is -0.480 e. The number of carbonyl (C=O) groups is 4. The highest BCUT2D eigenvalue weighted by Crippen LogP contribution is 2.44. The van der Waals surface area contributed by atoms with Crippen molar-refractivity contribution in [2.45, 2.75) is 18.4 Å². The largest absolute Gasteiger partial charge is 0.480 e. The Morgan fingerprint density at radius 2 is 1.56 bits per heavy atom. The molecule has 9 heteroatoms. The van der Waals surface area contributed by atoms with E-state index >= 15 is 0 Å². The molecule has 2 aromatic rings. The van der Waals surface area contributed by atoms with Gasteiger partial charge in [-0.05, 0) is 22.3 Å². The van der Waals surface area contributed by atoms with Crippen molar-refractivity contribution >= 4 is 24.1 Å². The molecule has 1 aliphatic rings. The molecule has 0 radical (unpaired) electrons. The number of alkyl carbamates (subject to hydrolysis) is 2. The van der Waals surface area contributed by atoms with Crippen molar-refractivity contribution in [1.82, 2.24) is 10.6 Å². The molecule has 0 aromatic heterocycles. The highest BCUT2D eigenvalue weighted by molar-refractivity contribution is 5.95. The van der Waals surface area contributed by atoms with Crippen molar-refractivity contribution < 1.29 is 33.8 Å². The van der Waals surface area contributed by atoms with Crippen molar-refractivity contribution in [3.63, 3.8) is 0 Å². The van der Waals surface area contributed by atoms with E-state index in [0.717, 1.165) is 22.3 Å². The lowest BCUT2D eigenvalue weighted by atomic mass is 9.98. The van der Waals surface area contributed by atoms with Gasteiger partial charge in [-0.15, -0.1) is 0 Å². The quantitative estimate of drug-likeness (QED) is 0.540. The number of carboxylic acid groups (broad SMARTS) is 1. The summed E-state index contributed by atoms with van der Waals surface area (Å²) >= 11 is 0. The molecule has 0 saturated heterocycles. The van der Waals surface area contributed by atoms with E-state index < -0.39 is 36.5 Å². The first-order valence-electron chi connectivity index (χ1n) is 9.82. The van der Waals surface area contributed by atoms with Crippen LogP contribution in [0.5, 0.6) is 0 Å². The molecule has 0 heterocycles. The number of nitrogens with one attached hydrogen (secondary N) is 2. The summed E-state index contributed by atoms with van der Waals surface area (Å²) in [6.45, 7) is 3.24. The van der Waals surface area contributed by atoms with Crippen molar-refractivity contribution in [3.8, 4) is 11.1 Å². The number of amides is 3. The van der Waals surface area contributed by atoms with Crippen molar-refractivity contribution in [2.24, 2.45) is 0 Å². The molecule has 166 valence electrons. The first kappa shape index (κ1) is 22.5. The molecule has 0 spiro atoms. The molecule has 3 N–H and O–H groups in total. The van der Waals surface area contributed by atoms with E-state index in [2.05, 4.69) is 16.6 Å². The van der Waals surface area contributed by atoms with Crippen LogP contribution in [0.15, 0.2) is 61.2 Å². The predicted molar refractivity (Wildman–Crippen MR) is 114 cm³/mol. The molecule has 32 heavy (non-hydrogen) atoms. The molecular weight excluding hydrogens is 416 g/mol. The molecule has 3 rings (SSSR count). The van der Waals surface area contributed by atoms with E-state index in [-0.39, 0.29) is 19.1 Å². The Bertz CT molecular complexity index is 1000. The highest BCUT2D eigenvalue weighted by atomic mass is 16.6. The molecule has 3 amide bonds. The number of benzene rings is 2. The molecular formula is C23H22N2O7. The fourth-order valence-electron chi connectivity index (χ4n) is 3.50. The first-order valence-corrected chi connectivity index (χ1v) is 9.82. The normalized spacial score (nSPS) is 12.6. The fraction of sp³-hybridized carbons (Fsp3) is 0.217. The molecule has 0 fully saturated rings. The smallest absolute Gasteiger partial charge is 0.414 e. The lowest BCUT2D eigenvalue weighted by Crippen LogP contribution is -2.45.